The minimum absolute atomic E-state index is 0.00594. The lowest BCUT2D eigenvalue weighted by Crippen LogP contribution is -2.42. The molecule has 3 atom stereocenters. The molecule has 0 spiro atoms. The molecule has 0 aromatic rings. The van der Waals surface area contributed by atoms with E-state index in [0.29, 0.717) is 18.3 Å². The first kappa shape index (κ1) is 11.3. The zero-order valence-electron chi connectivity index (χ0n) is 8.40. The average molecular weight is 204 g/mol. The highest BCUT2D eigenvalue weighted by molar-refractivity contribution is 7.80. The van der Waals surface area contributed by atoms with Crippen molar-refractivity contribution in [3.05, 3.63) is 0 Å². The van der Waals surface area contributed by atoms with Crippen molar-refractivity contribution in [1.29, 1.82) is 0 Å². The molecule has 0 aromatic heterocycles. The largest absolute Gasteiger partial charge is 0.365 e. The van der Waals surface area contributed by atoms with Gasteiger partial charge < -0.3 is 10.2 Å². The van der Waals surface area contributed by atoms with Gasteiger partial charge in [0.15, 0.2) is 5.79 Å². The summed E-state index contributed by atoms with van der Waals surface area (Å²) in [5, 5.41) is 19.1. The summed E-state index contributed by atoms with van der Waals surface area (Å²) in [4.78, 5) is 0. The van der Waals surface area contributed by atoms with E-state index < -0.39 is 5.79 Å². The van der Waals surface area contributed by atoms with Crippen LogP contribution in [-0.4, -0.2) is 21.8 Å². The first-order chi connectivity index (χ1) is 5.97. The first-order valence-electron chi connectivity index (χ1n) is 5.03. The Labute approximate surface area is 85.8 Å². The lowest BCUT2D eigenvalue weighted by atomic mass is 9.74. The standard InChI is InChI=1S/C10H20O2S/c1-7(6-13)9-3-4-10(11,12)8(2)5-9/h7-9,11-13H,3-6H2,1-2H3. The van der Waals surface area contributed by atoms with E-state index in [1.807, 2.05) is 6.92 Å². The van der Waals surface area contributed by atoms with Gasteiger partial charge in [0.2, 0.25) is 0 Å². The number of hydrogen-bond donors (Lipinski definition) is 3. The van der Waals surface area contributed by atoms with Crippen molar-refractivity contribution >= 4 is 12.6 Å². The van der Waals surface area contributed by atoms with Crippen LogP contribution in [-0.2, 0) is 0 Å². The molecule has 1 aliphatic carbocycles. The Morgan fingerprint density at radius 1 is 1.54 bits per heavy atom. The van der Waals surface area contributed by atoms with Gasteiger partial charge in [-0.25, -0.2) is 0 Å². The van der Waals surface area contributed by atoms with Gasteiger partial charge in [0, 0.05) is 12.3 Å². The number of aliphatic hydroxyl groups is 2. The molecule has 1 fully saturated rings. The van der Waals surface area contributed by atoms with E-state index in [-0.39, 0.29) is 5.92 Å². The van der Waals surface area contributed by atoms with Gasteiger partial charge in [0.1, 0.15) is 0 Å². The molecule has 0 heterocycles. The quantitative estimate of drug-likeness (QED) is 0.473. The van der Waals surface area contributed by atoms with Gasteiger partial charge in [-0.15, -0.1) is 0 Å². The van der Waals surface area contributed by atoms with Crippen LogP contribution in [0.1, 0.15) is 33.1 Å². The van der Waals surface area contributed by atoms with Gasteiger partial charge in [-0.05, 0) is 30.4 Å². The monoisotopic (exact) mass is 204 g/mol. The van der Waals surface area contributed by atoms with Crippen molar-refractivity contribution in [2.75, 3.05) is 5.75 Å². The van der Waals surface area contributed by atoms with Crippen LogP contribution in [0.3, 0.4) is 0 Å². The van der Waals surface area contributed by atoms with E-state index in [1.54, 1.807) is 0 Å². The fourth-order valence-corrected chi connectivity index (χ4v) is 2.37. The second kappa shape index (κ2) is 4.20. The van der Waals surface area contributed by atoms with Crippen molar-refractivity contribution < 1.29 is 10.2 Å². The summed E-state index contributed by atoms with van der Waals surface area (Å²) >= 11 is 4.27. The molecule has 0 saturated heterocycles. The molecule has 1 rings (SSSR count). The van der Waals surface area contributed by atoms with Gasteiger partial charge in [0.05, 0.1) is 0 Å². The molecule has 0 aromatic carbocycles. The third kappa shape index (κ3) is 2.61. The molecule has 0 radical (unpaired) electrons. The first-order valence-corrected chi connectivity index (χ1v) is 5.66. The maximum Gasteiger partial charge on any atom is 0.165 e. The van der Waals surface area contributed by atoms with Crippen LogP contribution in [0.25, 0.3) is 0 Å². The summed E-state index contributed by atoms with van der Waals surface area (Å²) in [5.41, 5.74) is 0. The van der Waals surface area contributed by atoms with Gasteiger partial charge >= 0.3 is 0 Å². The lowest BCUT2D eigenvalue weighted by Gasteiger charge is -2.39. The molecule has 2 nitrogen and oxygen atoms in total. The minimum atomic E-state index is -1.42. The molecule has 78 valence electrons. The molecular formula is C10H20O2S. The Morgan fingerprint density at radius 2 is 2.15 bits per heavy atom. The van der Waals surface area contributed by atoms with E-state index in [4.69, 9.17) is 0 Å². The predicted octanol–water partition coefficient (Wildman–Crippen LogP) is 1.67. The maximum absolute atomic E-state index is 9.55. The van der Waals surface area contributed by atoms with Crippen LogP contribution in [0.4, 0.5) is 0 Å². The molecule has 1 saturated carbocycles. The summed E-state index contributed by atoms with van der Waals surface area (Å²) < 4.78 is 0. The molecule has 0 amide bonds. The van der Waals surface area contributed by atoms with E-state index >= 15 is 0 Å². The second-order valence-corrected chi connectivity index (χ2v) is 4.84. The van der Waals surface area contributed by atoms with Gasteiger partial charge in [-0.3, -0.25) is 0 Å². The van der Waals surface area contributed by atoms with Crippen molar-refractivity contribution in [3.63, 3.8) is 0 Å². The highest BCUT2D eigenvalue weighted by Gasteiger charge is 2.38. The fourth-order valence-electron chi connectivity index (χ4n) is 2.07. The van der Waals surface area contributed by atoms with Gasteiger partial charge in [-0.2, -0.15) is 12.6 Å². The zero-order chi connectivity index (χ0) is 10.1. The summed E-state index contributed by atoms with van der Waals surface area (Å²) in [6.45, 7) is 4.10. The van der Waals surface area contributed by atoms with Gasteiger partial charge in [-0.1, -0.05) is 13.8 Å². The van der Waals surface area contributed by atoms with Crippen molar-refractivity contribution in [3.8, 4) is 0 Å². The lowest BCUT2D eigenvalue weighted by molar-refractivity contribution is -0.220. The van der Waals surface area contributed by atoms with Crippen molar-refractivity contribution in [2.45, 2.75) is 38.9 Å². The Morgan fingerprint density at radius 3 is 2.62 bits per heavy atom. The maximum atomic E-state index is 9.55. The van der Waals surface area contributed by atoms with Crippen LogP contribution in [0, 0.1) is 17.8 Å². The van der Waals surface area contributed by atoms with Crippen LogP contribution in [0.2, 0.25) is 0 Å². The smallest absolute Gasteiger partial charge is 0.165 e. The van der Waals surface area contributed by atoms with E-state index in [1.165, 1.54) is 0 Å². The Balaban J connectivity index is 2.51. The van der Waals surface area contributed by atoms with E-state index in [9.17, 15) is 10.2 Å². The second-order valence-electron chi connectivity index (χ2n) is 4.47. The molecule has 0 bridgehead atoms. The van der Waals surface area contributed by atoms with Crippen molar-refractivity contribution in [2.24, 2.45) is 17.8 Å². The fraction of sp³-hybridized carbons (Fsp3) is 1.00. The average Bonchev–Trinajstić information content (AvgIpc) is 2.08. The molecular weight excluding hydrogens is 184 g/mol. The number of hydrogen-bond acceptors (Lipinski definition) is 3. The van der Waals surface area contributed by atoms with E-state index in [2.05, 4.69) is 19.6 Å². The third-order valence-electron chi connectivity index (χ3n) is 3.42. The summed E-state index contributed by atoms with van der Waals surface area (Å²) in [6.07, 6.45) is 2.34. The molecule has 0 aliphatic heterocycles. The van der Waals surface area contributed by atoms with Crippen LogP contribution in [0.5, 0.6) is 0 Å². The van der Waals surface area contributed by atoms with Crippen molar-refractivity contribution in [1.82, 2.24) is 0 Å². The molecule has 2 N–H and O–H groups in total. The highest BCUT2D eigenvalue weighted by atomic mass is 32.1. The summed E-state index contributed by atoms with van der Waals surface area (Å²) in [6, 6.07) is 0. The topological polar surface area (TPSA) is 40.5 Å². The summed E-state index contributed by atoms with van der Waals surface area (Å²) in [5.74, 6) is 0.657. The SMILES string of the molecule is CC(CS)C1CCC(O)(O)C(C)C1. The Kier molecular flexibility index (Phi) is 3.66. The number of thiol groups is 1. The van der Waals surface area contributed by atoms with Crippen LogP contribution >= 0.6 is 12.6 Å². The van der Waals surface area contributed by atoms with E-state index in [0.717, 1.165) is 18.6 Å². The molecule has 13 heavy (non-hydrogen) atoms. The molecule has 3 heteroatoms. The van der Waals surface area contributed by atoms with Gasteiger partial charge in [0.25, 0.3) is 0 Å². The Hall–Kier alpha value is 0.270. The molecule has 3 unspecified atom stereocenters. The summed E-state index contributed by atoms with van der Waals surface area (Å²) in [7, 11) is 0. The molecule has 1 aliphatic rings. The predicted molar refractivity (Wildman–Crippen MR) is 56.7 cm³/mol. The van der Waals surface area contributed by atoms with Crippen LogP contribution < -0.4 is 0 Å². The minimum Gasteiger partial charge on any atom is -0.365 e. The third-order valence-corrected chi connectivity index (χ3v) is 4.00. The van der Waals surface area contributed by atoms with Crippen LogP contribution in [0.15, 0.2) is 0 Å². The number of rotatable bonds is 2. The highest BCUT2D eigenvalue weighted by Crippen LogP contribution is 2.38. The zero-order valence-corrected chi connectivity index (χ0v) is 9.30. The normalized spacial score (nSPS) is 35.8. The Bertz CT molecular complexity index is 170.